The molecule has 1 heterocycles. The average Bonchev–Trinajstić information content (AvgIpc) is 3.31. The molecule has 188 valence electrons. The zero-order valence-corrected chi connectivity index (χ0v) is 20.7. The highest BCUT2D eigenvalue weighted by Gasteiger charge is 2.33. The van der Waals surface area contributed by atoms with Gasteiger partial charge in [0.25, 0.3) is 0 Å². The molecule has 4 rings (SSSR count). The van der Waals surface area contributed by atoms with Crippen LogP contribution in [0.1, 0.15) is 75.8 Å². The van der Waals surface area contributed by atoms with Crippen molar-refractivity contribution in [3.05, 3.63) is 29.1 Å². The number of halogens is 1. The van der Waals surface area contributed by atoms with E-state index in [1.807, 2.05) is 11.8 Å². The number of anilines is 1. The van der Waals surface area contributed by atoms with E-state index >= 15 is 0 Å². The zero-order valence-electron chi connectivity index (χ0n) is 20.7. The van der Waals surface area contributed by atoms with Gasteiger partial charge < -0.3 is 15.3 Å². The van der Waals surface area contributed by atoms with Crippen molar-refractivity contribution < 1.29 is 19.1 Å². The van der Waals surface area contributed by atoms with Crippen molar-refractivity contribution in [3.8, 4) is 0 Å². The van der Waals surface area contributed by atoms with Gasteiger partial charge in [-0.15, -0.1) is 0 Å². The van der Waals surface area contributed by atoms with Gasteiger partial charge in [-0.25, -0.2) is 4.39 Å². The van der Waals surface area contributed by atoms with Crippen molar-refractivity contribution in [2.24, 2.45) is 11.8 Å². The minimum atomic E-state index is -0.355. The second kappa shape index (κ2) is 11.2. The number of nitrogens with one attached hydrogen (secondary N) is 1. The normalized spacial score (nSPS) is 26.6. The summed E-state index contributed by atoms with van der Waals surface area (Å²) in [6, 6.07) is 3.09. The Morgan fingerprint density at radius 2 is 1.88 bits per heavy atom. The molecule has 2 saturated carbocycles. The van der Waals surface area contributed by atoms with E-state index in [1.54, 1.807) is 6.07 Å². The van der Waals surface area contributed by atoms with E-state index in [-0.39, 0.29) is 35.7 Å². The summed E-state index contributed by atoms with van der Waals surface area (Å²) in [5.74, 6) is 0.213. The van der Waals surface area contributed by atoms with Gasteiger partial charge in [-0.2, -0.15) is 0 Å². The molecule has 3 aliphatic rings. The Hall–Kier alpha value is -1.99. The van der Waals surface area contributed by atoms with Gasteiger partial charge in [0, 0.05) is 50.2 Å². The van der Waals surface area contributed by atoms with Gasteiger partial charge in [0.2, 0.25) is 11.8 Å². The quantitative estimate of drug-likeness (QED) is 0.648. The fraction of sp³-hybridized carbons (Fsp3) is 0.704. The maximum Gasteiger partial charge on any atom is 0.226 e. The molecule has 1 aromatic rings. The number of aliphatic hydroxyl groups is 1. The molecule has 6 nitrogen and oxygen atoms in total. The lowest BCUT2D eigenvalue weighted by Gasteiger charge is -2.41. The van der Waals surface area contributed by atoms with Crippen LogP contribution in [0.25, 0.3) is 0 Å². The number of rotatable bonds is 6. The van der Waals surface area contributed by atoms with Crippen LogP contribution in [0.3, 0.4) is 0 Å². The molecule has 2 N–H and O–H groups in total. The molecule has 2 aliphatic carbocycles. The summed E-state index contributed by atoms with van der Waals surface area (Å²) >= 11 is 0. The maximum absolute atomic E-state index is 14.5. The SMILES string of the molecule is Cc1c(CN2CCN(C(=O)C3CCCC3)C(C)C2)cc(F)cc1NC(=O)CC1CCCC(O)C1. The summed E-state index contributed by atoms with van der Waals surface area (Å²) in [4.78, 5) is 29.8. The number of hydrogen-bond acceptors (Lipinski definition) is 4. The highest BCUT2D eigenvalue weighted by molar-refractivity contribution is 5.91. The summed E-state index contributed by atoms with van der Waals surface area (Å²) in [5.41, 5.74) is 2.28. The molecule has 3 unspecified atom stereocenters. The predicted molar refractivity (Wildman–Crippen MR) is 131 cm³/mol. The molecule has 2 amide bonds. The van der Waals surface area contributed by atoms with Crippen molar-refractivity contribution in [1.82, 2.24) is 9.80 Å². The van der Waals surface area contributed by atoms with Crippen LogP contribution in [0.5, 0.6) is 0 Å². The van der Waals surface area contributed by atoms with Crippen molar-refractivity contribution in [2.45, 2.75) is 90.3 Å². The fourth-order valence-corrected chi connectivity index (χ4v) is 6.09. The number of carbonyl (C=O) groups is 2. The smallest absolute Gasteiger partial charge is 0.226 e. The second-order valence-electron chi connectivity index (χ2n) is 10.8. The van der Waals surface area contributed by atoms with Gasteiger partial charge in [0.05, 0.1) is 6.10 Å². The van der Waals surface area contributed by atoms with Gasteiger partial charge in [-0.1, -0.05) is 19.3 Å². The minimum absolute atomic E-state index is 0.119. The van der Waals surface area contributed by atoms with Gasteiger partial charge >= 0.3 is 0 Å². The molecule has 34 heavy (non-hydrogen) atoms. The van der Waals surface area contributed by atoms with Gasteiger partial charge in [0.1, 0.15) is 5.82 Å². The summed E-state index contributed by atoms with van der Waals surface area (Å²) in [5, 5.41) is 12.8. The fourth-order valence-electron chi connectivity index (χ4n) is 6.09. The largest absolute Gasteiger partial charge is 0.393 e. The summed E-state index contributed by atoms with van der Waals surface area (Å²) in [6.45, 7) is 6.87. The number of benzene rings is 1. The number of aliphatic hydroxyl groups excluding tert-OH is 1. The van der Waals surface area contributed by atoms with Crippen molar-refractivity contribution in [2.75, 3.05) is 25.0 Å². The molecule has 0 spiro atoms. The van der Waals surface area contributed by atoms with E-state index in [9.17, 15) is 19.1 Å². The first kappa shape index (κ1) is 25.1. The van der Waals surface area contributed by atoms with E-state index in [0.29, 0.717) is 37.5 Å². The van der Waals surface area contributed by atoms with Crippen molar-refractivity contribution >= 4 is 17.5 Å². The van der Waals surface area contributed by atoms with Crippen LogP contribution < -0.4 is 5.32 Å². The Morgan fingerprint density at radius 1 is 1.12 bits per heavy atom. The molecule has 1 saturated heterocycles. The van der Waals surface area contributed by atoms with Crippen molar-refractivity contribution in [1.29, 1.82) is 0 Å². The van der Waals surface area contributed by atoms with Crippen LogP contribution in [-0.4, -0.2) is 58.5 Å². The Bertz CT molecular complexity index is 886. The van der Waals surface area contributed by atoms with E-state index < -0.39 is 0 Å². The lowest BCUT2D eigenvalue weighted by Crippen LogP contribution is -2.54. The monoisotopic (exact) mass is 473 g/mol. The summed E-state index contributed by atoms with van der Waals surface area (Å²) in [6.07, 6.45) is 7.76. The summed E-state index contributed by atoms with van der Waals surface area (Å²) in [7, 11) is 0. The van der Waals surface area contributed by atoms with E-state index in [1.165, 1.54) is 6.07 Å². The zero-order chi connectivity index (χ0) is 24.2. The number of nitrogens with zero attached hydrogens (tertiary/aromatic N) is 2. The van der Waals surface area contributed by atoms with Gasteiger partial charge in [0.15, 0.2) is 0 Å². The molecule has 0 radical (unpaired) electrons. The number of hydrogen-bond donors (Lipinski definition) is 2. The molecular weight excluding hydrogens is 433 g/mol. The van der Waals surface area contributed by atoms with Crippen LogP contribution in [0.15, 0.2) is 12.1 Å². The average molecular weight is 474 g/mol. The third-order valence-electron chi connectivity index (χ3n) is 8.08. The molecule has 1 aliphatic heterocycles. The summed E-state index contributed by atoms with van der Waals surface area (Å²) < 4.78 is 14.5. The maximum atomic E-state index is 14.5. The molecular formula is C27H40FN3O3. The first-order chi connectivity index (χ1) is 16.3. The first-order valence-electron chi connectivity index (χ1n) is 13.1. The molecule has 1 aromatic carbocycles. The first-order valence-corrected chi connectivity index (χ1v) is 13.1. The van der Waals surface area contributed by atoms with E-state index in [2.05, 4.69) is 17.1 Å². The molecule has 3 fully saturated rings. The van der Waals surface area contributed by atoms with Crippen molar-refractivity contribution in [3.63, 3.8) is 0 Å². The van der Waals surface area contributed by atoms with Crippen LogP contribution in [0.4, 0.5) is 10.1 Å². The van der Waals surface area contributed by atoms with E-state index in [4.69, 9.17) is 0 Å². The van der Waals surface area contributed by atoms with Gasteiger partial charge in [-0.05, 0) is 75.1 Å². The Labute approximate surface area is 202 Å². The Kier molecular flexibility index (Phi) is 8.25. The predicted octanol–water partition coefficient (Wildman–Crippen LogP) is 4.24. The Morgan fingerprint density at radius 3 is 2.59 bits per heavy atom. The Balaban J connectivity index is 1.35. The lowest BCUT2D eigenvalue weighted by atomic mass is 9.85. The van der Waals surface area contributed by atoms with Gasteiger partial charge in [-0.3, -0.25) is 14.5 Å². The number of amides is 2. The molecule has 0 aromatic heterocycles. The lowest BCUT2D eigenvalue weighted by molar-refractivity contribution is -0.140. The van der Waals surface area contributed by atoms with Crippen LogP contribution >= 0.6 is 0 Å². The minimum Gasteiger partial charge on any atom is -0.393 e. The van der Waals surface area contributed by atoms with Crippen LogP contribution in [-0.2, 0) is 16.1 Å². The highest BCUT2D eigenvalue weighted by Crippen LogP contribution is 2.30. The van der Waals surface area contributed by atoms with Crippen LogP contribution in [0, 0.1) is 24.6 Å². The third-order valence-corrected chi connectivity index (χ3v) is 8.08. The molecule has 3 atom stereocenters. The topological polar surface area (TPSA) is 72.9 Å². The van der Waals surface area contributed by atoms with E-state index in [0.717, 1.165) is 69.2 Å². The molecule has 0 bridgehead atoms. The van der Waals surface area contributed by atoms with Crippen LogP contribution in [0.2, 0.25) is 0 Å². The number of piperazine rings is 1. The third kappa shape index (κ3) is 6.16. The molecule has 7 heteroatoms. The standard InChI is InChI=1S/C27H40FN3O3/c1-18-16-30(10-11-31(18)27(34)21-7-3-4-8-21)17-22-14-23(28)15-25(19(22)2)29-26(33)13-20-6-5-9-24(32)12-20/h14-15,18,20-21,24,32H,3-13,16-17H2,1-2H3,(H,29,33). The second-order valence-corrected chi connectivity index (χ2v) is 10.8. The number of carbonyl (C=O) groups excluding carboxylic acids is 2. The highest BCUT2D eigenvalue weighted by atomic mass is 19.1.